The van der Waals surface area contributed by atoms with E-state index in [1.165, 1.54) is 0 Å². The van der Waals surface area contributed by atoms with E-state index in [9.17, 15) is 4.79 Å². The molecule has 3 heterocycles. The lowest BCUT2D eigenvalue weighted by atomic mass is 9.98. The number of nitrogens with zero attached hydrogens (tertiary/aromatic N) is 2. The third-order valence-corrected chi connectivity index (χ3v) is 6.04. The van der Waals surface area contributed by atoms with E-state index in [-0.39, 0.29) is 42.2 Å². The van der Waals surface area contributed by atoms with Crippen LogP contribution in [-0.4, -0.2) is 80.7 Å². The van der Waals surface area contributed by atoms with Gasteiger partial charge in [-0.25, -0.2) is 4.79 Å². The molecule has 3 rings (SSSR count). The molecule has 0 aromatic heterocycles. The molecule has 0 saturated carbocycles. The van der Waals surface area contributed by atoms with Crippen molar-refractivity contribution in [2.45, 2.75) is 83.0 Å². The van der Waals surface area contributed by atoms with Gasteiger partial charge in [0.1, 0.15) is 5.60 Å². The second-order valence-corrected chi connectivity index (χ2v) is 9.74. The van der Waals surface area contributed by atoms with Crippen LogP contribution in [0.1, 0.15) is 59.3 Å². The minimum atomic E-state index is -0.452. The van der Waals surface area contributed by atoms with Crippen LogP contribution in [0.3, 0.4) is 0 Å². The first-order valence-corrected chi connectivity index (χ1v) is 11.5. The summed E-state index contributed by atoms with van der Waals surface area (Å²) in [5, 5.41) is 6.94. The molecule has 180 valence electrons. The normalized spacial score (nSPS) is 28.3. The smallest absolute Gasteiger partial charge is 0.410 e. The monoisotopic (exact) mass is 552 g/mol. The van der Waals surface area contributed by atoms with Crippen molar-refractivity contribution >= 4 is 36.0 Å². The van der Waals surface area contributed by atoms with Crippen LogP contribution in [0.25, 0.3) is 0 Å². The van der Waals surface area contributed by atoms with Gasteiger partial charge in [-0.1, -0.05) is 0 Å². The molecule has 3 aliphatic rings. The molecule has 2 bridgehead atoms. The Hall–Kier alpha value is -0.810. The Morgan fingerprint density at radius 3 is 2.48 bits per heavy atom. The van der Waals surface area contributed by atoms with Crippen LogP contribution < -0.4 is 10.6 Å². The molecule has 2 N–H and O–H groups in total. The van der Waals surface area contributed by atoms with Crippen molar-refractivity contribution in [1.82, 2.24) is 15.5 Å². The van der Waals surface area contributed by atoms with E-state index in [1.807, 2.05) is 25.7 Å². The summed E-state index contributed by atoms with van der Waals surface area (Å²) in [6, 6.07) is 0.829. The minimum absolute atomic E-state index is 0. The van der Waals surface area contributed by atoms with Gasteiger partial charge >= 0.3 is 6.09 Å². The number of nitrogens with one attached hydrogen (secondary N) is 2. The number of hydrogen-bond donors (Lipinski definition) is 2. The summed E-state index contributed by atoms with van der Waals surface area (Å²) < 4.78 is 16.8. The number of amides is 1. The molecule has 1 amide bonds. The van der Waals surface area contributed by atoms with Crippen molar-refractivity contribution in [2.24, 2.45) is 10.9 Å². The highest BCUT2D eigenvalue weighted by Gasteiger charge is 2.45. The highest BCUT2D eigenvalue weighted by molar-refractivity contribution is 14.0. The van der Waals surface area contributed by atoms with Crippen molar-refractivity contribution in [3.63, 3.8) is 0 Å². The van der Waals surface area contributed by atoms with Gasteiger partial charge < -0.3 is 29.7 Å². The number of aliphatic imine (C=N–C) groups is 1. The topological polar surface area (TPSA) is 84.4 Å². The van der Waals surface area contributed by atoms with Gasteiger partial charge in [-0.15, -0.1) is 24.0 Å². The van der Waals surface area contributed by atoms with Gasteiger partial charge in [0, 0.05) is 50.8 Å². The number of carbonyl (C=O) groups is 1. The number of fused-ring (bicyclic) bond motifs is 2. The highest BCUT2D eigenvalue weighted by Crippen LogP contribution is 2.36. The van der Waals surface area contributed by atoms with Gasteiger partial charge in [0.25, 0.3) is 0 Å². The fourth-order valence-corrected chi connectivity index (χ4v) is 4.64. The van der Waals surface area contributed by atoms with Gasteiger partial charge in [-0.3, -0.25) is 4.99 Å². The number of hydrogen-bond acceptors (Lipinski definition) is 5. The van der Waals surface area contributed by atoms with Gasteiger partial charge in [0.15, 0.2) is 5.96 Å². The van der Waals surface area contributed by atoms with Crippen molar-refractivity contribution in [2.75, 3.05) is 40.0 Å². The number of carbonyl (C=O) groups excluding carboxylic acids is 1. The van der Waals surface area contributed by atoms with Crippen LogP contribution in [0.4, 0.5) is 4.79 Å². The predicted octanol–water partition coefficient (Wildman–Crippen LogP) is 3.14. The lowest BCUT2D eigenvalue weighted by Gasteiger charge is -2.40. The molecule has 0 spiro atoms. The molecule has 0 aromatic rings. The van der Waals surface area contributed by atoms with Crippen LogP contribution in [0.15, 0.2) is 4.99 Å². The Bertz CT molecular complexity index is 579. The molecule has 3 atom stereocenters. The Morgan fingerprint density at radius 2 is 1.90 bits per heavy atom. The fraction of sp³-hybridized carbons (Fsp3) is 0.909. The van der Waals surface area contributed by atoms with Crippen LogP contribution in [0.2, 0.25) is 0 Å². The van der Waals surface area contributed by atoms with Crippen LogP contribution in [0, 0.1) is 5.92 Å². The first kappa shape index (κ1) is 26.4. The second-order valence-electron chi connectivity index (χ2n) is 9.74. The zero-order chi connectivity index (χ0) is 21.6. The van der Waals surface area contributed by atoms with Gasteiger partial charge in [-0.05, 0) is 59.3 Å². The lowest BCUT2D eigenvalue weighted by molar-refractivity contribution is 0.00545. The fourth-order valence-electron chi connectivity index (χ4n) is 4.64. The van der Waals surface area contributed by atoms with Gasteiger partial charge in [0.05, 0.1) is 13.2 Å². The average molecular weight is 552 g/mol. The molecule has 0 radical (unpaired) electrons. The quantitative estimate of drug-likeness (QED) is 0.219. The summed E-state index contributed by atoms with van der Waals surface area (Å²) in [6.45, 7) is 9.84. The van der Waals surface area contributed by atoms with Gasteiger partial charge in [-0.2, -0.15) is 0 Å². The zero-order valence-electron chi connectivity index (χ0n) is 19.5. The van der Waals surface area contributed by atoms with Crippen molar-refractivity contribution in [3.05, 3.63) is 0 Å². The molecule has 3 saturated heterocycles. The molecule has 0 aliphatic carbocycles. The first-order chi connectivity index (χ1) is 14.4. The predicted molar refractivity (Wildman–Crippen MR) is 132 cm³/mol. The van der Waals surface area contributed by atoms with Gasteiger partial charge in [0.2, 0.25) is 0 Å². The largest absolute Gasteiger partial charge is 0.444 e. The Labute approximate surface area is 204 Å². The van der Waals surface area contributed by atoms with Crippen LogP contribution in [0.5, 0.6) is 0 Å². The van der Waals surface area contributed by atoms with Crippen molar-refractivity contribution in [1.29, 1.82) is 0 Å². The average Bonchev–Trinajstić information content (AvgIpc) is 3.28. The number of halogens is 1. The number of guanidine groups is 1. The second kappa shape index (κ2) is 12.4. The third kappa shape index (κ3) is 8.24. The molecule has 0 aromatic carbocycles. The van der Waals surface area contributed by atoms with E-state index < -0.39 is 5.60 Å². The Balaban J connectivity index is 0.00000341. The summed E-state index contributed by atoms with van der Waals surface area (Å²) in [5.41, 5.74) is -0.452. The standard InChI is InChI=1S/C22H40N4O4.HI/c1-22(2,3)30-21(27)26-18-6-7-19(26)13-17(12-18)25-20(23-4)24-9-5-10-28-14-16-8-11-29-15-16;/h16-19H,5-15H2,1-4H3,(H2,23,24,25);1H. The van der Waals surface area contributed by atoms with Crippen LogP contribution >= 0.6 is 24.0 Å². The summed E-state index contributed by atoms with van der Waals surface area (Å²) in [6.07, 6.45) is 5.86. The SMILES string of the molecule is CN=C(NCCCOCC1CCOC1)NC1CC2CCC(C1)N2C(=O)OC(C)(C)C.I. The molecular formula is C22H41IN4O4. The van der Waals surface area contributed by atoms with E-state index in [2.05, 4.69) is 15.6 Å². The molecule has 8 nitrogen and oxygen atoms in total. The Morgan fingerprint density at radius 1 is 1.19 bits per heavy atom. The summed E-state index contributed by atoms with van der Waals surface area (Å²) >= 11 is 0. The molecule has 31 heavy (non-hydrogen) atoms. The molecule has 3 fully saturated rings. The summed E-state index contributed by atoms with van der Waals surface area (Å²) in [7, 11) is 1.80. The third-order valence-electron chi connectivity index (χ3n) is 6.04. The number of piperidine rings is 1. The van der Waals surface area contributed by atoms with E-state index in [4.69, 9.17) is 14.2 Å². The summed E-state index contributed by atoms with van der Waals surface area (Å²) in [5.74, 6) is 1.39. The number of rotatable bonds is 7. The Kier molecular flexibility index (Phi) is 10.6. The van der Waals surface area contributed by atoms with E-state index in [0.717, 1.165) is 77.5 Å². The van der Waals surface area contributed by atoms with Crippen molar-refractivity contribution in [3.8, 4) is 0 Å². The summed E-state index contributed by atoms with van der Waals surface area (Å²) in [4.78, 5) is 18.9. The van der Waals surface area contributed by atoms with Crippen molar-refractivity contribution < 1.29 is 19.0 Å². The number of ether oxygens (including phenoxy) is 3. The van der Waals surface area contributed by atoms with E-state index >= 15 is 0 Å². The molecule has 9 heteroatoms. The first-order valence-electron chi connectivity index (χ1n) is 11.5. The maximum atomic E-state index is 12.6. The molecule has 3 unspecified atom stereocenters. The maximum absolute atomic E-state index is 12.6. The highest BCUT2D eigenvalue weighted by atomic mass is 127. The maximum Gasteiger partial charge on any atom is 0.410 e. The van der Waals surface area contributed by atoms with Crippen LogP contribution in [-0.2, 0) is 14.2 Å². The minimum Gasteiger partial charge on any atom is -0.444 e. The zero-order valence-corrected chi connectivity index (χ0v) is 21.9. The van der Waals surface area contributed by atoms with E-state index in [0.29, 0.717) is 12.0 Å². The molecular weight excluding hydrogens is 511 g/mol. The lowest BCUT2D eigenvalue weighted by Crippen LogP contribution is -2.55. The van der Waals surface area contributed by atoms with E-state index in [1.54, 1.807) is 7.05 Å². The molecule has 3 aliphatic heterocycles.